The Kier molecular flexibility index (Phi) is 8.13. The minimum Gasteiger partial charge on any atom is -0.444 e. The van der Waals surface area contributed by atoms with Crippen LogP contribution in [-0.2, 0) is 15.7 Å². The van der Waals surface area contributed by atoms with E-state index >= 15 is 0 Å². The maximum atomic E-state index is 12.2. The van der Waals surface area contributed by atoms with Gasteiger partial charge in [-0.3, -0.25) is 0 Å². The fraction of sp³-hybridized carbons (Fsp3) is 0.812. The van der Waals surface area contributed by atoms with Gasteiger partial charge in [0.25, 0.3) is 0 Å². The Morgan fingerprint density at radius 3 is 2.18 bits per heavy atom. The first kappa shape index (κ1) is 20.9. The van der Waals surface area contributed by atoms with Crippen molar-refractivity contribution in [2.45, 2.75) is 71.8 Å². The average Bonchev–Trinajstić information content (AvgIpc) is 2.32. The van der Waals surface area contributed by atoms with Crippen molar-refractivity contribution in [2.75, 3.05) is 6.54 Å². The zero-order chi connectivity index (χ0) is 17.6. The zero-order valence-electron chi connectivity index (χ0n) is 15.0. The number of carbonyl (C=O) groups excluding carboxylic acids is 1. The summed E-state index contributed by atoms with van der Waals surface area (Å²) in [5.41, 5.74) is -0.526. The topological polar surface area (TPSA) is 67.4 Å². The van der Waals surface area contributed by atoms with Crippen LogP contribution in [0.4, 0.5) is 4.79 Å². The number of amides is 1. The Morgan fingerprint density at radius 1 is 1.23 bits per heavy atom. The molecule has 6 heteroatoms. The van der Waals surface area contributed by atoms with Crippen molar-refractivity contribution in [3.63, 3.8) is 0 Å². The summed E-state index contributed by atoms with van der Waals surface area (Å²) in [5.74, 6) is 5.84. The summed E-state index contributed by atoms with van der Waals surface area (Å²) in [6.07, 6.45) is -0.459. The van der Waals surface area contributed by atoms with E-state index < -0.39 is 22.7 Å². The molecule has 0 spiro atoms. The lowest BCUT2D eigenvalue weighted by Gasteiger charge is -2.26. The van der Waals surface area contributed by atoms with Crippen LogP contribution in [0.15, 0.2) is 0 Å². The molecule has 0 rings (SSSR count). The molecule has 128 valence electrons. The molecule has 0 aliphatic carbocycles. The lowest BCUT2D eigenvalue weighted by Crippen LogP contribution is -2.45. The van der Waals surface area contributed by atoms with Crippen LogP contribution in [0.25, 0.3) is 0 Å². The highest BCUT2D eigenvalue weighted by atomic mass is 32.2. The molecule has 0 fully saturated rings. The number of alkyl carbamates (subject to hydrolysis) is 1. The summed E-state index contributed by atoms with van der Waals surface area (Å²) in [6.45, 7) is 15.2. The van der Waals surface area contributed by atoms with Crippen LogP contribution >= 0.6 is 0 Å². The van der Waals surface area contributed by atoms with E-state index in [2.05, 4.69) is 21.9 Å². The molecular weight excluding hydrogens is 300 g/mol. The molecule has 0 heterocycles. The molecule has 0 aliphatic rings. The highest BCUT2D eigenvalue weighted by Crippen LogP contribution is 2.12. The monoisotopic (exact) mass is 330 g/mol. The number of hydrogen-bond acceptors (Lipinski definition) is 3. The third-order valence-electron chi connectivity index (χ3n) is 2.63. The second-order valence-corrected chi connectivity index (χ2v) is 9.23. The van der Waals surface area contributed by atoms with Gasteiger partial charge in [-0.05, 0) is 48.5 Å². The molecule has 3 atom stereocenters. The number of hydrogen-bond donors (Lipinski definition) is 2. The molecule has 2 N–H and O–H groups in total. The number of rotatable bonds is 5. The third kappa shape index (κ3) is 9.06. The molecule has 0 bridgehead atoms. The van der Waals surface area contributed by atoms with Crippen molar-refractivity contribution in [1.29, 1.82) is 0 Å². The van der Waals surface area contributed by atoms with Crippen molar-refractivity contribution in [3.8, 4) is 11.8 Å². The van der Waals surface area contributed by atoms with Gasteiger partial charge in [-0.2, -0.15) is 0 Å². The fourth-order valence-corrected chi connectivity index (χ4v) is 2.29. The highest BCUT2D eigenvalue weighted by molar-refractivity contribution is 7.84. The lowest BCUT2D eigenvalue weighted by atomic mass is 10.0. The van der Waals surface area contributed by atoms with Crippen LogP contribution in [0.5, 0.6) is 0 Å². The van der Waals surface area contributed by atoms with Gasteiger partial charge in [-0.1, -0.05) is 12.8 Å². The Labute approximate surface area is 137 Å². The Hall–Kier alpha value is -1.06. The van der Waals surface area contributed by atoms with E-state index in [1.165, 1.54) is 0 Å². The molecule has 0 radical (unpaired) electrons. The third-order valence-corrected chi connectivity index (χ3v) is 4.21. The lowest BCUT2D eigenvalue weighted by molar-refractivity contribution is 0.0519. The van der Waals surface area contributed by atoms with E-state index in [1.807, 2.05) is 48.5 Å². The van der Waals surface area contributed by atoms with Crippen LogP contribution in [-0.4, -0.2) is 33.2 Å². The predicted octanol–water partition coefficient (Wildman–Crippen LogP) is 2.59. The summed E-state index contributed by atoms with van der Waals surface area (Å²) in [7, 11) is -1.22. The Morgan fingerprint density at radius 2 is 1.77 bits per heavy atom. The standard InChI is InChI=1S/C16H30N2O3S/c1-9-10-13(18-22(20)16(6,7)8)12(2)11-17-14(19)21-15(3,4)5/h12-13,18H,11H2,1-8H3,(H,17,19)/t12?,13?,22-/m1/s1. The largest absolute Gasteiger partial charge is 0.444 e. The number of ether oxygens (including phenoxy) is 1. The van der Waals surface area contributed by atoms with E-state index in [0.717, 1.165) is 0 Å². The maximum Gasteiger partial charge on any atom is 0.407 e. The van der Waals surface area contributed by atoms with E-state index in [1.54, 1.807) is 6.92 Å². The van der Waals surface area contributed by atoms with Gasteiger partial charge in [-0.15, -0.1) is 5.92 Å². The van der Waals surface area contributed by atoms with Crippen molar-refractivity contribution in [3.05, 3.63) is 0 Å². The molecule has 0 saturated heterocycles. The van der Waals surface area contributed by atoms with Gasteiger partial charge >= 0.3 is 6.09 Å². The van der Waals surface area contributed by atoms with E-state index in [4.69, 9.17) is 4.74 Å². The van der Waals surface area contributed by atoms with Gasteiger partial charge in [0.1, 0.15) is 5.60 Å². The van der Waals surface area contributed by atoms with Gasteiger partial charge < -0.3 is 10.1 Å². The van der Waals surface area contributed by atoms with E-state index in [0.29, 0.717) is 6.54 Å². The van der Waals surface area contributed by atoms with Gasteiger partial charge in [-0.25, -0.2) is 13.7 Å². The first-order valence-electron chi connectivity index (χ1n) is 7.44. The quantitative estimate of drug-likeness (QED) is 0.761. The van der Waals surface area contributed by atoms with Crippen molar-refractivity contribution in [1.82, 2.24) is 10.0 Å². The Bertz CT molecular complexity index is 453. The first-order valence-corrected chi connectivity index (χ1v) is 8.59. The van der Waals surface area contributed by atoms with Gasteiger partial charge in [0.2, 0.25) is 0 Å². The minimum absolute atomic E-state index is 0.00808. The SMILES string of the molecule is CC#CC(N[S@](=O)C(C)(C)C)C(C)CNC(=O)OC(C)(C)C. The zero-order valence-corrected chi connectivity index (χ0v) is 15.8. The number of nitrogens with one attached hydrogen (secondary N) is 2. The summed E-state index contributed by atoms with van der Waals surface area (Å²) in [4.78, 5) is 11.7. The second kappa shape index (κ2) is 8.54. The molecule has 22 heavy (non-hydrogen) atoms. The van der Waals surface area contributed by atoms with Gasteiger partial charge in [0.15, 0.2) is 0 Å². The van der Waals surface area contributed by atoms with Crippen molar-refractivity contribution >= 4 is 17.1 Å². The van der Waals surface area contributed by atoms with E-state index in [-0.39, 0.29) is 16.7 Å². The van der Waals surface area contributed by atoms with Crippen molar-refractivity contribution < 1.29 is 13.7 Å². The molecule has 0 saturated carbocycles. The van der Waals surface area contributed by atoms with Crippen LogP contribution in [0.1, 0.15) is 55.4 Å². The molecule has 0 aliphatic heterocycles. The predicted molar refractivity (Wildman–Crippen MR) is 91.7 cm³/mol. The second-order valence-electron chi connectivity index (χ2n) is 7.23. The molecule has 2 unspecified atom stereocenters. The summed E-state index contributed by atoms with van der Waals surface area (Å²) < 4.78 is 20.1. The molecule has 0 aromatic heterocycles. The molecule has 0 aromatic carbocycles. The molecule has 1 amide bonds. The van der Waals surface area contributed by atoms with Crippen LogP contribution in [0.2, 0.25) is 0 Å². The van der Waals surface area contributed by atoms with Crippen LogP contribution in [0, 0.1) is 17.8 Å². The van der Waals surface area contributed by atoms with Gasteiger partial charge in [0, 0.05) is 12.5 Å². The summed E-state index contributed by atoms with van der Waals surface area (Å²) >= 11 is 0. The fourth-order valence-electron chi connectivity index (χ4n) is 1.41. The normalized spacial score (nSPS) is 16.0. The van der Waals surface area contributed by atoms with Crippen LogP contribution in [0.3, 0.4) is 0 Å². The minimum atomic E-state index is -1.22. The summed E-state index contributed by atoms with van der Waals surface area (Å²) in [5, 5.41) is 2.72. The highest BCUT2D eigenvalue weighted by Gasteiger charge is 2.25. The van der Waals surface area contributed by atoms with Gasteiger partial charge in [0.05, 0.1) is 21.8 Å². The van der Waals surface area contributed by atoms with Crippen LogP contribution < -0.4 is 10.0 Å². The molecule has 0 aromatic rings. The smallest absolute Gasteiger partial charge is 0.407 e. The van der Waals surface area contributed by atoms with E-state index in [9.17, 15) is 9.00 Å². The summed E-state index contributed by atoms with van der Waals surface area (Å²) in [6, 6.07) is -0.264. The maximum absolute atomic E-state index is 12.2. The van der Waals surface area contributed by atoms with Crippen molar-refractivity contribution in [2.24, 2.45) is 5.92 Å². The molecule has 5 nitrogen and oxygen atoms in total. The number of carbonyl (C=O) groups is 1. The first-order chi connectivity index (χ1) is 9.86. The Balaban J connectivity index is 4.61. The molecular formula is C16H30N2O3S. The average molecular weight is 330 g/mol.